The minimum atomic E-state index is -0.597. The Morgan fingerprint density at radius 2 is 1.52 bits per heavy atom. The van der Waals surface area contributed by atoms with Crippen molar-refractivity contribution in [2.24, 2.45) is 5.73 Å². The van der Waals surface area contributed by atoms with E-state index in [2.05, 4.69) is 34.1 Å². The molecule has 5 heteroatoms. The Kier molecular flexibility index (Phi) is 5.12. The Balaban J connectivity index is 1.74. The number of rotatable bonds is 3. The molecule has 0 radical (unpaired) electrons. The van der Waals surface area contributed by atoms with Crippen molar-refractivity contribution in [3.8, 4) is 22.3 Å². The Morgan fingerprint density at radius 3 is 2.23 bits per heavy atom. The zero-order chi connectivity index (χ0) is 21.4. The van der Waals surface area contributed by atoms with E-state index < -0.39 is 11.6 Å². The normalized spacial score (nSPS) is 14.9. The molecule has 2 N–H and O–H groups in total. The Bertz CT molecular complexity index is 1210. The van der Waals surface area contributed by atoms with E-state index >= 15 is 0 Å². The highest BCUT2D eigenvalue weighted by molar-refractivity contribution is 6.01. The summed E-state index contributed by atoms with van der Waals surface area (Å²) in [5.41, 5.74) is 11.4. The lowest BCUT2D eigenvalue weighted by molar-refractivity contribution is 0.502. The van der Waals surface area contributed by atoms with Crippen molar-refractivity contribution in [2.45, 2.75) is 18.9 Å². The van der Waals surface area contributed by atoms with E-state index in [1.807, 2.05) is 24.3 Å². The summed E-state index contributed by atoms with van der Waals surface area (Å²) in [5, 5.41) is 0.971. The fourth-order valence-electron chi connectivity index (χ4n) is 4.37. The van der Waals surface area contributed by atoms with Crippen molar-refractivity contribution in [3.63, 3.8) is 0 Å². The van der Waals surface area contributed by atoms with Gasteiger partial charge in [-0.15, -0.1) is 0 Å². The Morgan fingerprint density at radius 1 is 0.806 bits per heavy atom. The van der Waals surface area contributed by atoms with Crippen LogP contribution in [0.2, 0.25) is 0 Å². The molecule has 0 spiro atoms. The molecule has 0 aliphatic carbocycles. The van der Waals surface area contributed by atoms with Crippen molar-refractivity contribution < 1.29 is 8.78 Å². The summed E-state index contributed by atoms with van der Waals surface area (Å²) in [7, 11) is 0. The van der Waals surface area contributed by atoms with Crippen molar-refractivity contribution in [3.05, 3.63) is 84.6 Å². The average molecular weight is 415 g/mol. The quantitative estimate of drug-likeness (QED) is 0.462. The van der Waals surface area contributed by atoms with E-state index in [0.717, 1.165) is 65.3 Å². The second-order valence-electron chi connectivity index (χ2n) is 8.10. The van der Waals surface area contributed by atoms with Crippen LogP contribution in [0.15, 0.2) is 72.9 Å². The van der Waals surface area contributed by atoms with E-state index in [4.69, 9.17) is 5.73 Å². The van der Waals surface area contributed by atoms with E-state index in [0.29, 0.717) is 5.56 Å². The molecule has 31 heavy (non-hydrogen) atoms. The van der Waals surface area contributed by atoms with Gasteiger partial charge in [0.2, 0.25) is 0 Å². The molecule has 0 unspecified atom stereocenters. The molecule has 0 amide bonds. The predicted molar refractivity (Wildman–Crippen MR) is 122 cm³/mol. The number of benzene rings is 3. The number of fused-ring (bicyclic) bond motifs is 1. The number of hydrogen-bond donors (Lipinski definition) is 1. The highest BCUT2D eigenvalue weighted by atomic mass is 19.1. The van der Waals surface area contributed by atoms with Gasteiger partial charge in [-0.3, -0.25) is 4.98 Å². The van der Waals surface area contributed by atoms with Gasteiger partial charge in [0.05, 0.1) is 11.2 Å². The summed E-state index contributed by atoms with van der Waals surface area (Å²) >= 11 is 0. The topological polar surface area (TPSA) is 42.1 Å². The van der Waals surface area contributed by atoms with Crippen LogP contribution < -0.4 is 10.6 Å². The molecule has 5 rings (SSSR count). The number of hydrogen-bond acceptors (Lipinski definition) is 3. The number of piperidine rings is 1. The third kappa shape index (κ3) is 3.89. The standard InChI is InChI=1S/C26H23F2N3/c27-20-12-19(13-21(28)15-20)24-16-30-25-7-6-18(17-4-2-1-3-5-17)14-23(25)26(24)31-10-8-22(29)9-11-31/h1-7,12-16,22H,8-11,29H2. The lowest BCUT2D eigenvalue weighted by Crippen LogP contribution is -2.40. The predicted octanol–water partition coefficient (Wildman–Crippen LogP) is 5.77. The van der Waals surface area contributed by atoms with Crippen LogP contribution in [0.25, 0.3) is 33.2 Å². The molecule has 4 aromatic rings. The maximum Gasteiger partial charge on any atom is 0.126 e. The first-order valence-corrected chi connectivity index (χ1v) is 10.5. The molecule has 0 saturated carbocycles. The fourth-order valence-corrected chi connectivity index (χ4v) is 4.37. The molecule has 3 nitrogen and oxygen atoms in total. The molecular formula is C26H23F2N3. The third-order valence-electron chi connectivity index (χ3n) is 5.98. The van der Waals surface area contributed by atoms with Crippen LogP contribution in [0.5, 0.6) is 0 Å². The van der Waals surface area contributed by atoms with Crippen LogP contribution in [0.4, 0.5) is 14.5 Å². The van der Waals surface area contributed by atoms with Crippen LogP contribution in [0.3, 0.4) is 0 Å². The van der Waals surface area contributed by atoms with Gasteiger partial charge in [0.15, 0.2) is 0 Å². The molecule has 0 atom stereocenters. The maximum atomic E-state index is 14.0. The highest BCUT2D eigenvalue weighted by Gasteiger charge is 2.23. The second-order valence-corrected chi connectivity index (χ2v) is 8.10. The molecule has 1 fully saturated rings. The molecule has 1 saturated heterocycles. The van der Waals surface area contributed by atoms with Crippen LogP contribution in [0.1, 0.15) is 12.8 Å². The Hall–Kier alpha value is -3.31. The van der Waals surface area contributed by atoms with E-state index in [9.17, 15) is 8.78 Å². The molecule has 1 aromatic heterocycles. The van der Waals surface area contributed by atoms with Gasteiger partial charge >= 0.3 is 0 Å². The van der Waals surface area contributed by atoms with E-state index in [1.165, 1.54) is 12.1 Å². The van der Waals surface area contributed by atoms with Crippen molar-refractivity contribution in [2.75, 3.05) is 18.0 Å². The first kappa shape index (κ1) is 19.6. The number of anilines is 1. The van der Waals surface area contributed by atoms with Gasteiger partial charge in [0.25, 0.3) is 0 Å². The van der Waals surface area contributed by atoms with Crippen LogP contribution in [0, 0.1) is 11.6 Å². The van der Waals surface area contributed by atoms with Crippen molar-refractivity contribution in [1.29, 1.82) is 0 Å². The molecule has 1 aliphatic rings. The maximum absolute atomic E-state index is 14.0. The zero-order valence-corrected chi connectivity index (χ0v) is 17.1. The summed E-state index contributed by atoms with van der Waals surface area (Å²) < 4.78 is 28.1. The van der Waals surface area contributed by atoms with Gasteiger partial charge in [0.1, 0.15) is 11.6 Å². The number of halogens is 2. The lowest BCUT2D eigenvalue weighted by Gasteiger charge is -2.34. The Labute approximate surface area is 180 Å². The first-order chi connectivity index (χ1) is 15.1. The third-order valence-corrected chi connectivity index (χ3v) is 5.98. The molecule has 156 valence electrons. The van der Waals surface area contributed by atoms with Crippen molar-refractivity contribution in [1.82, 2.24) is 4.98 Å². The van der Waals surface area contributed by atoms with Crippen LogP contribution in [-0.2, 0) is 0 Å². The summed E-state index contributed by atoms with van der Waals surface area (Å²) in [6.45, 7) is 1.58. The number of nitrogens with two attached hydrogens (primary N) is 1. The molecule has 1 aliphatic heterocycles. The van der Waals surface area contributed by atoms with Crippen LogP contribution >= 0.6 is 0 Å². The van der Waals surface area contributed by atoms with Gasteiger partial charge < -0.3 is 10.6 Å². The molecule has 0 bridgehead atoms. The first-order valence-electron chi connectivity index (χ1n) is 10.5. The van der Waals surface area contributed by atoms with Gasteiger partial charge in [0, 0.05) is 42.3 Å². The molecule has 2 heterocycles. The minimum absolute atomic E-state index is 0.180. The molecule has 3 aromatic carbocycles. The molecular weight excluding hydrogens is 392 g/mol. The summed E-state index contributed by atoms with van der Waals surface area (Å²) in [6.07, 6.45) is 3.47. The number of aromatic nitrogens is 1. The number of nitrogens with zero attached hydrogens (tertiary/aromatic N) is 2. The monoisotopic (exact) mass is 415 g/mol. The lowest BCUT2D eigenvalue weighted by atomic mass is 9.96. The van der Waals surface area contributed by atoms with Gasteiger partial charge in [-0.25, -0.2) is 8.78 Å². The van der Waals surface area contributed by atoms with E-state index in [1.54, 1.807) is 6.20 Å². The zero-order valence-electron chi connectivity index (χ0n) is 17.1. The van der Waals surface area contributed by atoms with E-state index in [-0.39, 0.29) is 6.04 Å². The van der Waals surface area contributed by atoms with Crippen LogP contribution in [-0.4, -0.2) is 24.1 Å². The largest absolute Gasteiger partial charge is 0.370 e. The van der Waals surface area contributed by atoms with Crippen molar-refractivity contribution >= 4 is 16.6 Å². The summed E-state index contributed by atoms with van der Waals surface area (Å²) in [4.78, 5) is 6.90. The van der Waals surface area contributed by atoms with Gasteiger partial charge in [-0.2, -0.15) is 0 Å². The SMILES string of the molecule is NC1CCN(c2c(-c3cc(F)cc(F)c3)cnc3ccc(-c4ccccc4)cc23)CC1. The smallest absolute Gasteiger partial charge is 0.126 e. The fraction of sp³-hybridized carbons (Fsp3) is 0.192. The van der Waals surface area contributed by atoms with Gasteiger partial charge in [-0.05, 0) is 53.8 Å². The number of pyridine rings is 1. The highest BCUT2D eigenvalue weighted by Crippen LogP contribution is 2.39. The second kappa shape index (κ2) is 8.08. The summed E-state index contributed by atoms with van der Waals surface area (Å²) in [5.74, 6) is -1.19. The summed E-state index contributed by atoms with van der Waals surface area (Å²) in [6, 6.07) is 20.1. The average Bonchev–Trinajstić information content (AvgIpc) is 2.78. The minimum Gasteiger partial charge on any atom is -0.370 e. The van der Waals surface area contributed by atoms with Gasteiger partial charge in [-0.1, -0.05) is 36.4 Å².